The van der Waals surface area contributed by atoms with Crippen LogP contribution in [0.3, 0.4) is 0 Å². The van der Waals surface area contributed by atoms with Gasteiger partial charge in [-0.05, 0) is 30.3 Å². The molecule has 1 aromatic heterocycles. The highest BCUT2D eigenvalue weighted by Crippen LogP contribution is 2.21. The Hall–Kier alpha value is -2.19. The smallest absolute Gasteiger partial charge is 0.291 e. The number of benzene rings is 1. The highest BCUT2D eigenvalue weighted by atomic mass is 32.2. The summed E-state index contributed by atoms with van der Waals surface area (Å²) in [5, 5.41) is 11.2. The molecule has 1 amide bonds. The van der Waals surface area contributed by atoms with E-state index in [1.54, 1.807) is 18.2 Å². The minimum Gasteiger partial charge on any atom is -0.459 e. The second kappa shape index (κ2) is 5.94. The second-order valence-electron chi connectivity index (χ2n) is 3.41. The molecule has 2 rings (SSSR count). The van der Waals surface area contributed by atoms with Gasteiger partial charge in [-0.3, -0.25) is 4.79 Å². The Balaban J connectivity index is 2.05. The molecule has 0 aliphatic heterocycles. The molecule has 5 heteroatoms. The number of nitriles is 1. The van der Waals surface area contributed by atoms with Crippen molar-refractivity contribution in [3.8, 4) is 6.07 Å². The standard InChI is InChI=1S/C13H10N2O2S/c14-6-8-18-11-4-1-3-10(9-11)15-13(16)12-5-2-7-17-12/h1-5,7,9H,8H2,(H,15,16). The van der Waals surface area contributed by atoms with Crippen LogP contribution in [0.4, 0.5) is 5.69 Å². The number of thioether (sulfide) groups is 1. The third-order valence-electron chi connectivity index (χ3n) is 2.14. The van der Waals surface area contributed by atoms with Crippen LogP contribution < -0.4 is 5.32 Å². The zero-order valence-corrected chi connectivity index (χ0v) is 10.2. The minimum absolute atomic E-state index is 0.269. The largest absolute Gasteiger partial charge is 0.459 e. The summed E-state index contributed by atoms with van der Waals surface area (Å²) >= 11 is 1.42. The SMILES string of the molecule is N#CCSc1cccc(NC(=O)c2ccco2)c1. The molecule has 0 bridgehead atoms. The maximum absolute atomic E-state index is 11.7. The Morgan fingerprint density at radius 3 is 3.00 bits per heavy atom. The summed E-state index contributed by atoms with van der Waals surface area (Å²) in [5.74, 6) is 0.364. The van der Waals surface area contributed by atoms with Gasteiger partial charge in [0.15, 0.2) is 5.76 Å². The fraction of sp³-hybridized carbons (Fsp3) is 0.0769. The van der Waals surface area contributed by atoms with Crippen molar-refractivity contribution in [1.82, 2.24) is 0 Å². The van der Waals surface area contributed by atoms with Crippen LogP contribution in [0.15, 0.2) is 52.0 Å². The van der Waals surface area contributed by atoms with E-state index in [0.717, 1.165) is 4.90 Å². The van der Waals surface area contributed by atoms with Crippen molar-refractivity contribution in [2.45, 2.75) is 4.90 Å². The molecule has 1 N–H and O–H groups in total. The fourth-order valence-corrected chi connectivity index (χ4v) is 2.00. The van der Waals surface area contributed by atoms with Crippen LogP contribution in [0.1, 0.15) is 10.6 Å². The van der Waals surface area contributed by atoms with E-state index in [1.165, 1.54) is 18.0 Å². The number of anilines is 1. The Morgan fingerprint density at radius 2 is 2.28 bits per heavy atom. The van der Waals surface area contributed by atoms with Gasteiger partial charge in [-0.1, -0.05) is 6.07 Å². The van der Waals surface area contributed by atoms with Crippen molar-refractivity contribution in [3.63, 3.8) is 0 Å². The maximum Gasteiger partial charge on any atom is 0.291 e. The predicted molar refractivity (Wildman–Crippen MR) is 69.4 cm³/mol. The van der Waals surface area contributed by atoms with Gasteiger partial charge in [0.05, 0.1) is 18.1 Å². The highest BCUT2D eigenvalue weighted by Gasteiger charge is 2.08. The molecule has 0 saturated heterocycles. The van der Waals surface area contributed by atoms with Crippen LogP contribution in [0.2, 0.25) is 0 Å². The van der Waals surface area contributed by atoms with Gasteiger partial charge in [0.2, 0.25) is 0 Å². The zero-order chi connectivity index (χ0) is 12.8. The quantitative estimate of drug-likeness (QED) is 0.855. The highest BCUT2D eigenvalue weighted by molar-refractivity contribution is 7.99. The lowest BCUT2D eigenvalue weighted by atomic mass is 10.3. The zero-order valence-electron chi connectivity index (χ0n) is 9.42. The predicted octanol–water partition coefficient (Wildman–Crippen LogP) is 3.15. The number of carbonyl (C=O) groups is 1. The summed E-state index contributed by atoms with van der Waals surface area (Å²) in [6.45, 7) is 0. The van der Waals surface area contributed by atoms with Crippen molar-refractivity contribution in [3.05, 3.63) is 48.4 Å². The number of amides is 1. The van der Waals surface area contributed by atoms with Gasteiger partial charge in [0.25, 0.3) is 5.91 Å². The van der Waals surface area contributed by atoms with E-state index in [2.05, 4.69) is 11.4 Å². The van der Waals surface area contributed by atoms with Crippen LogP contribution in [0.25, 0.3) is 0 Å². The van der Waals surface area contributed by atoms with Gasteiger partial charge in [-0.2, -0.15) is 5.26 Å². The average molecular weight is 258 g/mol. The topological polar surface area (TPSA) is 66.0 Å². The molecule has 4 nitrogen and oxygen atoms in total. The third kappa shape index (κ3) is 3.15. The monoisotopic (exact) mass is 258 g/mol. The van der Waals surface area contributed by atoms with E-state index in [1.807, 2.05) is 18.2 Å². The van der Waals surface area contributed by atoms with Crippen LogP contribution in [-0.4, -0.2) is 11.7 Å². The molecule has 0 atom stereocenters. The van der Waals surface area contributed by atoms with Crippen LogP contribution in [0.5, 0.6) is 0 Å². The van der Waals surface area contributed by atoms with E-state index in [0.29, 0.717) is 11.4 Å². The van der Waals surface area contributed by atoms with E-state index in [4.69, 9.17) is 9.68 Å². The van der Waals surface area contributed by atoms with Crippen molar-refractivity contribution >= 4 is 23.4 Å². The van der Waals surface area contributed by atoms with Gasteiger partial charge in [-0.15, -0.1) is 11.8 Å². The van der Waals surface area contributed by atoms with E-state index >= 15 is 0 Å². The summed E-state index contributed by atoms with van der Waals surface area (Å²) in [4.78, 5) is 12.7. The second-order valence-corrected chi connectivity index (χ2v) is 4.45. The number of hydrogen-bond donors (Lipinski definition) is 1. The number of rotatable bonds is 4. The Bertz CT molecular complexity index is 573. The summed E-state index contributed by atoms with van der Waals surface area (Å²) in [5.41, 5.74) is 0.680. The van der Waals surface area contributed by atoms with Crippen molar-refractivity contribution in [1.29, 1.82) is 5.26 Å². The van der Waals surface area contributed by atoms with Crippen LogP contribution in [0, 0.1) is 11.3 Å². The molecule has 0 fully saturated rings. The number of furan rings is 1. The molecule has 0 radical (unpaired) electrons. The lowest BCUT2D eigenvalue weighted by molar-refractivity contribution is 0.0996. The first-order valence-corrected chi connectivity index (χ1v) is 6.23. The van der Waals surface area contributed by atoms with Gasteiger partial charge in [0, 0.05) is 10.6 Å². The van der Waals surface area contributed by atoms with Crippen LogP contribution in [-0.2, 0) is 0 Å². The Kier molecular flexibility index (Phi) is 4.05. The first kappa shape index (κ1) is 12.3. The maximum atomic E-state index is 11.7. The summed E-state index contributed by atoms with van der Waals surface area (Å²) in [7, 11) is 0. The van der Waals surface area contributed by atoms with Crippen LogP contribution >= 0.6 is 11.8 Å². The molecule has 1 aromatic carbocycles. The van der Waals surface area contributed by atoms with E-state index in [-0.39, 0.29) is 11.7 Å². The molecule has 0 aliphatic rings. The molecular weight excluding hydrogens is 248 g/mol. The summed E-state index contributed by atoms with van der Waals surface area (Å²) in [6.07, 6.45) is 1.45. The first-order valence-electron chi connectivity index (χ1n) is 5.24. The summed E-state index contributed by atoms with van der Waals surface area (Å²) in [6, 6.07) is 12.7. The third-order valence-corrected chi connectivity index (χ3v) is 3.00. The number of nitrogens with one attached hydrogen (secondary N) is 1. The molecule has 18 heavy (non-hydrogen) atoms. The number of hydrogen-bond acceptors (Lipinski definition) is 4. The fourth-order valence-electron chi connectivity index (χ4n) is 1.38. The van der Waals surface area contributed by atoms with E-state index < -0.39 is 0 Å². The normalized spacial score (nSPS) is 9.72. The molecule has 0 spiro atoms. The van der Waals surface area contributed by atoms with Gasteiger partial charge >= 0.3 is 0 Å². The Morgan fingerprint density at radius 1 is 1.39 bits per heavy atom. The van der Waals surface area contributed by atoms with Crippen molar-refractivity contribution in [2.75, 3.05) is 11.1 Å². The minimum atomic E-state index is -0.289. The van der Waals surface area contributed by atoms with Gasteiger partial charge in [-0.25, -0.2) is 0 Å². The molecule has 90 valence electrons. The van der Waals surface area contributed by atoms with Crippen molar-refractivity contribution in [2.24, 2.45) is 0 Å². The van der Waals surface area contributed by atoms with Gasteiger partial charge in [0.1, 0.15) is 0 Å². The Labute approximate surface area is 109 Å². The number of carbonyl (C=O) groups excluding carboxylic acids is 1. The average Bonchev–Trinajstić information content (AvgIpc) is 2.91. The number of nitrogens with zero attached hydrogens (tertiary/aromatic N) is 1. The molecule has 0 unspecified atom stereocenters. The molecule has 1 heterocycles. The lowest BCUT2D eigenvalue weighted by Gasteiger charge is -2.04. The summed E-state index contributed by atoms with van der Waals surface area (Å²) < 4.78 is 5.00. The van der Waals surface area contributed by atoms with Gasteiger partial charge < -0.3 is 9.73 Å². The molecule has 0 aliphatic carbocycles. The first-order chi connectivity index (χ1) is 8.79. The van der Waals surface area contributed by atoms with Crippen molar-refractivity contribution < 1.29 is 9.21 Å². The molecular formula is C13H10N2O2S. The molecule has 2 aromatic rings. The lowest BCUT2D eigenvalue weighted by Crippen LogP contribution is -2.10. The van der Waals surface area contributed by atoms with E-state index in [9.17, 15) is 4.79 Å². The molecule has 0 saturated carbocycles.